The molecule has 0 radical (unpaired) electrons. The van der Waals surface area contributed by atoms with Gasteiger partial charge in [0.15, 0.2) is 5.65 Å². The lowest BCUT2D eigenvalue weighted by atomic mass is 10.2. The zero-order chi connectivity index (χ0) is 21.2. The van der Waals surface area contributed by atoms with Gasteiger partial charge >= 0.3 is 0 Å². The molecule has 160 valence electrons. The number of carbonyl (C=O) groups is 1. The van der Waals surface area contributed by atoms with Crippen molar-refractivity contribution in [2.75, 3.05) is 45.1 Å². The number of amides is 1. The predicted molar refractivity (Wildman–Crippen MR) is 116 cm³/mol. The average Bonchev–Trinajstić information content (AvgIpc) is 3.40. The van der Waals surface area contributed by atoms with E-state index in [0.29, 0.717) is 35.6 Å². The molecule has 4 N–H and O–H groups in total. The summed E-state index contributed by atoms with van der Waals surface area (Å²) in [5, 5.41) is 3.01. The van der Waals surface area contributed by atoms with Crippen LogP contribution in [0.1, 0.15) is 16.1 Å². The Labute approximate surface area is 178 Å². The number of nitrogen functional groups attached to an aromatic ring is 1. The second kappa shape index (κ2) is 8.37. The lowest BCUT2D eigenvalue weighted by molar-refractivity contribution is -0.906. The van der Waals surface area contributed by atoms with Crippen molar-refractivity contribution in [1.82, 2.24) is 19.9 Å². The van der Waals surface area contributed by atoms with E-state index >= 15 is 0 Å². The number of morpholine rings is 1. The van der Waals surface area contributed by atoms with Crippen molar-refractivity contribution in [2.24, 2.45) is 0 Å². The van der Waals surface area contributed by atoms with Crippen LogP contribution in [0.2, 0.25) is 0 Å². The molecule has 1 aliphatic rings. The maximum Gasteiger partial charge on any atom is 0.257 e. The number of hydrogen-bond donors (Lipinski definition) is 3. The summed E-state index contributed by atoms with van der Waals surface area (Å²) in [5.41, 5.74) is 9.36. The smallest absolute Gasteiger partial charge is 0.257 e. The minimum Gasteiger partial charge on any atom is -0.467 e. The normalized spacial score (nSPS) is 15.0. The van der Waals surface area contributed by atoms with Gasteiger partial charge in [0.1, 0.15) is 35.7 Å². The molecule has 4 heterocycles. The Hall–Kier alpha value is -3.43. The molecule has 0 aliphatic carbocycles. The number of quaternary nitrogens is 1. The molecule has 9 heteroatoms. The Balaban J connectivity index is 1.49. The Morgan fingerprint density at radius 2 is 1.90 bits per heavy atom. The highest BCUT2D eigenvalue weighted by molar-refractivity contribution is 6.10. The lowest BCUT2D eigenvalue weighted by Crippen LogP contribution is -3.14. The minimum absolute atomic E-state index is 0.238. The number of aromatic nitrogens is 3. The third kappa shape index (κ3) is 3.85. The molecule has 1 amide bonds. The van der Waals surface area contributed by atoms with Crippen molar-refractivity contribution in [3.05, 3.63) is 54.0 Å². The maximum atomic E-state index is 13.1. The number of para-hydroxylation sites is 2. The molecule has 1 aliphatic heterocycles. The standard InChI is InChI=1S/C22H24N6O3/c23-20-18(22(29)24-7-8-27-9-12-30-13-10-27)19-21(28(20)14-15-4-3-11-31-15)26-17-6-2-1-5-16(17)25-19/h1-6,11H,7-10,12-14,23H2,(H,24,29)/p+1. The number of carbonyl (C=O) groups excluding carboxylic acids is 1. The van der Waals surface area contributed by atoms with E-state index in [1.54, 1.807) is 10.8 Å². The number of nitrogens with two attached hydrogens (primary N) is 1. The topological polar surface area (TPSA) is 113 Å². The molecule has 3 aromatic heterocycles. The first-order valence-electron chi connectivity index (χ1n) is 10.5. The van der Waals surface area contributed by atoms with Gasteiger partial charge < -0.3 is 29.7 Å². The van der Waals surface area contributed by atoms with Crippen LogP contribution in [-0.2, 0) is 11.3 Å². The fourth-order valence-corrected chi connectivity index (χ4v) is 4.01. The fourth-order valence-electron chi connectivity index (χ4n) is 4.01. The number of nitrogens with zero attached hydrogens (tertiary/aromatic N) is 3. The quantitative estimate of drug-likeness (QED) is 0.417. The van der Waals surface area contributed by atoms with Gasteiger partial charge in [0.05, 0.1) is 50.1 Å². The molecular weight excluding hydrogens is 396 g/mol. The molecule has 5 rings (SSSR count). The van der Waals surface area contributed by atoms with Gasteiger partial charge in [-0.05, 0) is 24.3 Å². The van der Waals surface area contributed by atoms with Crippen LogP contribution in [0.4, 0.5) is 5.82 Å². The SMILES string of the molecule is Nc1c(C(=O)NCC[NH+]2CCOCC2)c2nc3ccccc3nc2n1Cc1ccco1. The van der Waals surface area contributed by atoms with Gasteiger partial charge in [0.25, 0.3) is 5.91 Å². The molecule has 31 heavy (non-hydrogen) atoms. The second-order valence-corrected chi connectivity index (χ2v) is 7.68. The van der Waals surface area contributed by atoms with Crippen LogP contribution < -0.4 is 16.0 Å². The largest absolute Gasteiger partial charge is 0.467 e. The van der Waals surface area contributed by atoms with Crippen LogP contribution in [-0.4, -0.2) is 59.8 Å². The third-order valence-corrected chi connectivity index (χ3v) is 5.68. The van der Waals surface area contributed by atoms with E-state index in [4.69, 9.17) is 24.9 Å². The molecule has 0 saturated carbocycles. The molecule has 0 atom stereocenters. The molecule has 4 aromatic rings. The summed E-state index contributed by atoms with van der Waals surface area (Å²) in [6.45, 7) is 5.20. The van der Waals surface area contributed by atoms with E-state index in [-0.39, 0.29) is 5.91 Å². The molecule has 0 spiro atoms. The maximum absolute atomic E-state index is 13.1. The summed E-state index contributed by atoms with van der Waals surface area (Å²) in [5.74, 6) is 0.817. The van der Waals surface area contributed by atoms with Crippen LogP contribution >= 0.6 is 0 Å². The van der Waals surface area contributed by atoms with Crippen LogP contribution in [0, 0.1) is 0 Å². The van der Waals surface area contributed by atoms with Crippen LogP contribution in [0.3, 0.4) is 0 Å². The molecule has 0 bridgehead atoms. The van der Waals surface area contributed by atoms with Gasteiger partial charge in [-0.25, -0.2) is 9.97 Å². The predicted octanol–water partition coefficient (Wildman–Crippen LogP) is 0.453. The first kappa shape index (κ1) is 19.5. The van der Waals surface area contributed by atoms with Crippen molar-refractivity contribution < 1.29 is 18.8 Å². The molecule has 0 unspecified atom stereocenters. The highest BCUT2D eigenvalue weighted by Crippen LogP contribution is 2.28. The van der Waals surface area contributed by atoms with Crippen LogP contribution in [0.25, 0.3) is 22.2 Å². The van der Waals surface area contributed by atoms with Gasteiger partial charge in [-0.2, -0.15) is 0 Å². The number of ether oxygens (including phenoxy) is 1. The summed E-state index contributed by atoms with van der Waals surface area (Å²) >= 11 is 0. The van der Waals surface area contributed by atoms with Crippen LogP contribution in [0.5, 0.6) is 0 Å². The first-order chi connectivity index (χ1) is 15.2. The van der Waals surface area contributed by atoms with Gasteiger partial charge in [-0.3, -0.25) is 4.79 Å². The van der Waals surface area contributed by atoms with E-state index in [0.717, 1.165) is 49.6 Å². The number of rotatable bonds is 6. The number of hydrogen-bond acceptors (Lipinski definition) is 6. The Morgan fingerprint density at radius 1 is 1.13 bits per heavy atom. The van der Waals surface area contributed by atoms with Crippen LogP contribution in [0.15, 0.2) is 47.1 Å². The summed E-state index contributed by atoms with van der Waals surface area (Å²) in [6, 6.07) is 11.3. The van der Waals surface area contributed by atoms with E-state index in [2.05, 4.69) is 5.32 Å². The van der Waals surface area contributed by atoms with E-state index < -0.39 is 0 Å². The zero-order valence-electron chi connectivity index (χ0n) is 17.1. The fraction of sp³-hybridized carbons (Fsp3) is 0.318. The van der Waals surface area contributed by atoms with E-state index in [1.807, 2.05) is 36.4 Å². The molecule has 9 nitrogen and oxygen atoms in total. The second-order valence-electron chi connectivity index (χ2n) is 7.68. The van der Waals surface area contributed by atoms with Crippen molar-refractivity contribution in [2.45, 2.75) is 6.54 Å². The number of nitrogens with one attached hydrogen (secondary N) is 2. The highest BCUT2D eigenvalue weighted by Gasteiger charge is 2.25. The summed E-state index contributed by atoms with van der Waals surface area (Å²) in [7, 11) is 0. The third-order valence-electron chi connectivity index (χ3n) is 5.68. The highest BCUT2D eigenvalue weighted by atomic mass is 16.5. The molecule has 1 fully saturated rings. The van der Waals surface area contributed by atoms with Gasteiger partial charge in [0.2, 0.25) is 0 Å². The van der Waals surface area contributed by atoms with Gasteiger partial charge in [-0.1, -0.05) is 12.1 Å². The Bertz CT molecular complexity index is 1210. The number of benzene rings is 1. The van der Waals surface area contributed by atoms with Crippen molar-refractivity contribution >= 4 is 33.9 Å². The number of anilines is 1. The summed E-state index contributed by atoms with van der Waals surface area (Å²) < 4.78 is 12.7. The van der Waals surface area contributed by atoms with Crippen molar-refractivity contribution in [1.29, 1.82) is 0 Å². The Morgan fingerprint density at radius 3 is 2.65 bits per heavy atom. The van der Waals surface area contributed by atoms with E-state index in [1.165, 1.54) is 4.90 Å². The van der Waals surface area contributed by atoms with Gasteiger partial charge in [-0.15, -0.1) is 0 Å². The zero-order valence-corrected chi connectivity index (χ0v) is 17.1. The average molecular weight is 421 g/mol. The monoisotopic (exact) mass is 421 g/mol. The first-order valence-corrected chi connectivity index (χ1v) is 10.5. The summed E-state index contributed by atoms with van der Waals surface area (Å²) in [4.78, 5) is 24.1. The van der Waals surface area contributed by atoms with Gasteiger partial charge in [0, 0.05) is 0 Å². The number of furan rings is 1. The van der Waals surface area contributed by atoms with Crippen molar-refractivity contribution in [3.8, 4) is 0 Å². The molecular formula is C22H25N6O3+. The molecule has 1 saturated heterocycles. The Kier molecular flexibility index (Phi) is 5.27. The summed E-state index contributed by atoms with van der Waals surface area (Å²) in [6.07, 6.45) is 1.61. The number of fused-ring (bicyclic) bond motifs is 2. The lowest BCUT2D eigenvalue weighted by Gasteiger charge is -2.23. The van der Waals surface area contributed by atoms with Crippen molar-refractivity contribution in [3.63, 3.8) is 0 Å². The minimum atomic E-state index is -0.238. The molecule has 1 aromatic carbocycles. The van der Waals surface area contributed by atoms with E-state index in [9.17, 15) is 4.79 Å².